The summed E-state index contributed by atoms with van der Waals surface area (Å²) in [5, 5.41) is 11.1. The van der Waals surface area contributed by atoms with Gasteiger partial charge in [0.2, 0.25) is 4.73 Å². The van der Waals surface area contributed by atoms with E-state index in [1.807, 2.05) is 0 Å². The Kier molecular flexibility index (Phi) is 3.39. The van der Waals surface area contributed by atoms with Gasteiger partial charge in [0.1, 0.15) is 5.82 Å². The van der Waals surface area contributed by atoms with Crippen molar-refractivity contribution in [1.29, 1.82) is 0 Å². The maximum Gasteiger partial charge on any atom is 0.204 e. The molecule has 3 aromatic rings. The van der Waals surface area contributed by atoms with Crippen LogP contribution < -0.4 is 0 Å². The fourth-order valence-electron chi connectivity index (χ4n) is 2.91. The molecular weight excluding hydrogens is 338 g/mol. The van der Waals surface area contributed by atoms with Gasteiger partial charge in [0.15, 0.2) is 0 Å². The summed E-state index contributed by atoms with van der Waals surface area (Å²) in [6, 6.07) is 14.7. The van der Waals surface area contributed by atoms with E-state index in [2.05, 4.69) is 97.5 Å². The Labute approximate surface area is 137 Å². The van der Waals surface area contributed by atoms with Gasteiger partial charge in [-0.1, -0.05) is 60.7 Å². The number of benzene rings is 2. The Morgan fingerprint density at radius 2 is 1.86 bits per heavy atom. The number of nitrogens with zero attached hydrogens (tertiary/aromatic N) is 3. The maximum atomic E-state index is 4.40. The third kappa shape index (κ3) is 2.20. The van der Waals surface area contributed by atoms with Crippen molar-refractivity contribution in [2.24, 2.45) is 0 Å². The van der Waals surface area contributed by atoms with Crippen LogP contribution in [0.25, 0.3) is 16.5 Å². The summed E-state index contributed by atoms with van der Waals surface area (Å²) in [6.07, 6.45) is 9.44. The molecule has 0 radical (unpaired) electrons. The molecular formula is C18H14BrN3. The SMILES string of the molecule is Brc1nnc(C2C=CC=CC2)n1-c1cccc2ccccc12. The molecule has 108 valence electrons. The summed E-state index contributed by atoms with van der Waals surface area (Å²) in [5.41, 5.74) is 1.10. The van der Waals surface area contributed by atoms with Crippen LogP contribution in [-0.2, 0) is 0 Å². The van der Waals surface area contributed by atoms with Crippen molar-refractivity contribution in [1.82, 2.24) is 14.8 Å². The number of rotatable bonds is 2. The van der Waals surface area contributed by atoms with Gasteiger partial charge >= 0.3 is 0 Å². The normalized spacial score (nSPS) is 17.2. The van der Waals surface area contributed by atoms with Gasteiger partial charge in [-0.25, -0.2) is 0 Å². The molecule has 1 aliphatic carbocycles. The lowest BCUT2D eigenvalue weighted by atomic mass is 9.99. The minimum absolute atomic E-state index is 0.253. The molecule has 1 aromatic heterocycles. The zero-order chi connectivity index (χ0) is 14.9. The second kappa shape index (κ2) is 5.54. The molecule has 0 saturated carbocycles. The lowest BCUT2D eigenvalue weighted by Crippen LogP contribution is -2.07. The van der Waals surface area contributed by atoms with Crippen LogP contribution in [0.4, 0.5) is 0 Å². The highest BCUT2D eigenvalue weighted by atomic mass is 79.9. The van der Waals surface area contributed by atoms with Crippen LogP contribution in [0.2, 0.25) is 0 Å². The summed E-state index contributed by atoms with van der Waals surface area (Å²) in [4.78, 5) is 0. The Morgan fingerprint density at radius 1 is 1.00 bits per heavy atom. The number of halogens is 1. The van der Waals surface area contributed by atoms with Crippen molar-refractivity contribution in [2.45, 2.75) is 12.3 Å². The van der Waals surface area contributed by atoms with Gasteiger partial charge in [0.05, 0.1) is 5.69 Å². The molecule has 0 bridgehead atoms. The molecule has 0 spiro atoms. The first-order valence-corrected chi connectivity index (χ1v) is 8.06. The van der Waals surface area contributed by atoms with Gasteiger partial charge in [-0.3, -0.25) is 4.57 Å². The van der Waals surface area contributed by atoms with Gasteiger partial charge in [-0.05, 0) is 33.8 Å². The lowest BCUT2D eigenvalue weighted by Gasteiger charge is -2.16. The number of allylic oxidation sites excluding steroid dienone is 4. The first kappa shape index (κ1) is 13.5. The average molecular weight is 352 g/mol. The summed E-state index contributed by atoms with van der Waals surface area (Å²) in [7, 11) is 0. The van der Waals surface area contributed by atoms with E-state index in [4.69, 9.17) is 0 Å². The summed E-state index contributed by atoms with van der Waals surface area (Å²) in [5.74, 6) is 1.21. The third-order valence-electron chi connectivity index (χ3n) is 3.97. The molecule has 0 amide bonds. The van der Waals surface area contributed by atoms with Crippen molar-refractivity contribution in [3.8, 4) is 5.69 Å². The van der Waals surface area contributed by atoms with Crippen molar-refractivity contribution in [2.75, 3.05) is 0 Å². The van der Waals surface area contributed by atoms with E-state index in [9.17, 15) is 0 Å². The molecule has 4 heteroatoms. The minimum Gasteiger partial charge on any atom is -0.272 e. The lowest BCUT2D eigenvalue weighted by molar-refractivity contribution is 0.744. The van der Waals surface area contributed by atoms with Crippen LogP contribution in [0.5, 0.6) is 0 Å². The Morgan fingerprint density at radius 3 is 2.73 bits per heavy atom. The smallest absolute Gasteiger partial charge is 0.204 e. The van der Waals surface area contributed by atoms with Gasteiger partial charge in [-0.15, -0.1) is 10.2 Å². The van der Waals surface area contributed by atoms with Crippen LogP contribution in [0.1, 0.15) is 18.2 Å². The number of aromatic nitrogens is 3. The largest absolute Gasteiger partial charge is 0.272 e. The molecule has 1 unspecified atom stereocenters. The molecule has 0 aliphatic heterocycles. The minimum atomic E-state index is 0.253. The fourth-order valence-corrected chi connectivity index (χ4v) is 3.37. The zero-order valence-electron chi connectivity index (χ0n) is 11.9. The van der Waals surface area contributed by atoms with E-state index in [-0.39, 0.29) is 5.92 Å². The molecule has 0 N–H and O–H groups in total. The van der Waals surface area contributed by atoms with Gasteiger partial charge in [0.25, 0.3) is 0 Å². The van der Waals surface area contributed by atoms with E-state index in [1.165, 1.54) is 10.8 Å². The molecule has 22 heavy (non-hydrogen) atoms. The molecule has 1 atom stereocenters. The van der Waals surface area contributed by atoms with Crippen LogP contribution in [-0.4, -0.2) is 14.8 Å². The summed E-state index contributed by atoms with van der Waals surface area (Å²) < 4.78 is 2.85. The topological polar surface area (TPSA) is 30.7 Å². The van der Waals surface area contributed by atoms with Crippen LogP contribution in [0.3, 0.4) is 0 Å². The molecule has 2 aromatic carbocycles. The van der Waals surface area contributed by atoms with Crippen molar-refractivity contribution < 1.29 is 0 Å². The van der Waals surface area contributed by atoms with E-state index < -0.39 is 0 Å². The molecule has 3 nitrogen and oxygen atoms in total. The third-order valence-corrected chi connectivity index (χ3v) is 4.48. The van der Waals surface area contributed by atoms with Crippen LogP contribution >= 0.6 is 15.9 Å². The fraction of sp³-hybridized carbons (Fsp3) is 0.111. The van der Waals surface area contributed by atoms with Gasteiger partial charge in [-0.2, -0.15) is 0 Å². The molecule has 0 fully saturated rings. The van der Waals surface area contributed by atoms with Gasteiger partial charge < -0.3 is 0 Å². The first-order valence-electron chi connectivity index (χ1n) is 7.27. The highest BCUT2D eigenvalue weighted by molar-refractivity contribution is 9.10. The number of hydrogen-bond donors (Lipinski definition) is 0. The Hall–Kier alpha value is -2.20. The quantitative estimate of drug-likeness (QED) is 0.664. The molecule has 0 saturated heterocycles. The summed E-state index contributed by atoms with van der Waals surface area (Å²) in [6.45, 7) is 0. The summed E-state index contributed by atoms with van der Waals surface area (Å²) >= 11 is 3.55. The number of fused-ring (bicyclic) bond motifs is 1. The van der Waals surface area contributed by atoms with E-state index in [0.717, 1.165) is 22.7 Å². The van der Waals surface area contributed by atoms with Gasteiger partial charge in [0, 0.05) is 11.3 Å². The van der Waals surface area contributed by atoms with Crippen LogP contribution in [0.15, 0.2) is 71.5 Å². The highest BCUT2D eigenvalue weighted by Gasteiger charge is 2.20. The van der Waals surface area contributed by atoms with E-state index in [1.54, 1.807) is 0 Å². The molecule has 1 aliphatic rings. The Bertz CT molecular complexity index is 887. The first-order chi connectivity index (χ1) is 10.8. The Balaban J connectivity index is 1.94. The predicted octanol–water partition coefficient (Wildman–Crippen LogP) is 4.78. The predicted molar refractivity (Wildman–Crippen MR) is 92.2 cm³/mol. The highest BCUT2D eigenvalue weighted by Crippen LogP contribution is 2.31. The zero-order valence-corrected chi connectivity index (χ0v) is 13.4. The van der Waals surface area contributed by atoms with Crippen molar-refractivity contribution in [3.05, 3.63) is 77.3 Å². The van der Waals surface area contributed by atoms with Crippen molar-refractivity contribution >= 4 is 26.7 Å². The maximum absolute atomic E-state index is 4.40. The van der Waals surface area contributed by atoms with E-state index >= 15 is 0 Å². The van der Waals surface area contributed by atoms with E-state index in [0.29, 0.717) is 0 Å². The monoisotopic (exact) mass is 351 g/mol. The second-order valence-electron chi connectivity index (χ2n) is 5.32. The second-order valence-corrected chi connectivity index (χ2v) is 6.03. The molecule has 1 heterocycles. The average Bonchev–Trinajstić information content (AvgIpc) is 2.96. The van der Waals surface area contributed by atoms with Crippen LogP contribution in [0, 0.1) is 0 Å². The number of hydrogen-bond acceptors (Lipinski definition) is 2. The van der Waals surface area contributed by atoms with Crippen molar-refractivity contribution in [3.63, 3.8) is 0 Å². The standard InChI is InChI=1S/C18H14BrN3/c19-18-21-20-17(14-8-2-1-3-9-14)22(18)16-12-6-10-13-7-4-5-11-15(13)16/h1-8,10-12,14H,9H2. The molecule has 4 rings (SSSR count).